The molecule has 3 rings (SSSR count). The number of amides is 2. The van der Waals surface area contributed by atoms with Gasteiger partial charge in [-0.2, -0.15) is 13.2 Å². The third kappa shape index (κ3) is 6.66. The lowest BCUT2D eigenvalue weighted by atomic mass is 9.69. The first kappa shape index (κ1) is 25.4. The third-order valence-electron chi connectivity index (χ3n) is 6.17. The van der Waals surface area contributed by atoms with Crippen molar-refractivity contribution >= 4 is 18.3 Å². The maximum absolute atomic E-state index is 13.2. The number of nitrogens with one attached hydrogen (secondary N) is 2. The minimum absolute atomic E-state index is 0.0106. The van der Waals surface area contributed by atoms with Crippen molar-refractivity contribution in [1.29, 1.82) is 0 Å². The second-order valence-electron chi connectivity index (χ2n) is 8.41. The van der Waals surface area contributed by atoms with E-state index in [9.17, 15) is 22.8 Å². The Bertz CT molecular complexity index is 950. The highest BCUT2D eigenvalue weighted by Crippen LogP contribution is 2.41. The number of hydrazine groups is 1. The predicted octanol–water partition coefficient (Wildman–Crippen LogP) is 4.12. The van der Waals surface area contributed by atoms with Crippen LogP contribution < -0.4 is 10.9 Å². The van der Waals surface area contributed by atoms with Gasteiger partial charge < -0.3 is 0 Å². The molecule has 8 nitrogen and oxygen atoms in total. The number of nitrogens with zero attached hydrogens (tertiary/aromatic N) is 3. The fourth-order valence-electron chi connectivity index (χ4n) is 4.06. The first-order valence-corrected chi connectivity index (χ1v) is 11.1. The average molecular weight is 480 g/mol. The van der Waals surface area contributed by atoms with Crippen LogP contribution in [0.25, 0.3) is 0 Å². The normalized spacial score (nSPS) is 20.4. The Kier molecular flexibility index (Phi) is 8.43. The minimum Gasteiger partial charge on any atom is -0.276 e. The molecule has 0 bridgehead atoms. The number of benzene rings is 1. The summed E-state index contributed by atoms with van der Waals surface area (Å²) in [6.45, 7) is 2.26. The maximum Gasteiger partial charge on any atom is 0.433 e. The summed E-state index contributed by atoms with van der Waals surface area (Å²) in [4.78, 5) is 37.7. The Morgan fingerprint density at radius 2 is 1.94 bits per heavy atom. The summed E-state index contributed by atoms with van der Waals surface area (Å²) < 4.78 is 38.7. The van der Waals surface area contributed by atoms with Crippen LogP contribution in [0.1, 0.15) is 50.3 Å². The number of rotatable bonds is 10. The molecule has 1 aromatic heterocycles. The van der Waals surface area contributed by atoms with Gasteiger partial charge in [-0.15, -0.1) is 0 Å². The summed E-state index contributed by atoms with van der Waals surface area (Å²) >= 11 is 0. The van der Waals surface area contributed by atoms with Crippen molar-refractivity contribution in [3.05, 3.63) is 53.9 Å². The summed E-state index contributed by atoms with van der Waals surface area (Å²) in [5.41, 5.74) is 3.59. The number of alkyl halides is 3. The van der Waals surface area contributed by atoms with Crippen LogP contribution in [0, 0.1) is 11.3 Å². The van der Waals surface area contributed by atoms with Crippen molar-refractivity contribution < 1.29 is 27.6 Å². The molecule has 11 heteroatoms. The molecule has 0 unspecified atom stereocenters. The van der Waals surface area contributed by atoms with Crippen LogP contribution in [0.2, 0.25) is 0 Å². The van der Waals surface area contributed by atoms with Gasteiger partial charge in [-0.3, -0.25) is 25.3 Å². The monoisotopic (exact) mass is 479 g/mol. The molecule has 1 aliphatic rings. The lowest BCUT2D eigenvalue weighted by Gasteiger charge is -2.40. The fraction of sp³-hybridized carbons (Fsp3) is 0.478. The van der Waals surface area contributed by atoms with E-state index in [0.717, 1.165) is 42.2 Å². The molecule has 1 aromatic carbocycles. The highest BCUT2D eigenvalue weighted by Gasteiger charge is 2.43. The van der Waals surface area contributed by atoms with Gasteiger partial charge >= 0.3 is 6.18 Å². The minimum atomic E-state index is -4.64. The zero-order valence-corrected chi connectivity index (χ0v) is 18.8. The van der Waals surface area contributed by atoms with Crippen LogP contribution in [0.3, 0.4) is 0 Å². The molecular weight excluding hydrogens is 451 g/mol. The maximum atomic E-state index is 13.2. The molecule has 0 saturated heterocycles. The Morgan fingerprint density at radius 3 is 2.56 bits per heavy atom. The highest BCUT2D eigenvalue weighted by molar-refractivity contribution is 5.84. The zero-order valence-electron chi connectivity index (χ0n) is 18.8. The van der Waals surface area contributed by atoms with E-state index in [1.54, 1.807) is 0 Å². The highest BCUT2D eigenvalue weighted by atomic mass is 19.4. The molecule has 34 heavy (non-hydrogen) atoms. The van der Waals surface area contributed by atoms with Crippen molar-refractivity contribution in [2.45, 2.75) is 51.8 Å². The van der Waals surface area contributed by atoms with Crippen LogP contribution >= 0.6 is 0 Å². The molecule has 1 heterocycles. The van der Waals surface area contributed by atoms with E-state index in [0.29, 0.717) is 25.2 Å². The van der Waals surface area contributed by atoms with E-state index < -0.39 is 23.2 Å². The summed E-state index contributed by atoms with van der Waals surface area (Å²) in [5.74, 6) is -0.373. The Morgan fingerprint density at radius 1 is 1.24 bits per heavy atom. The van der Waals surface area contributed by atoms with E-state index in [-0.39, 0.29) is 19.1 Å². The van der Waals surface area contributed by atoms with Crippen LogP contribution in [-0.2, 0) is 27.2 Å². The van der Waals surface area contributed by atoms with E-state index in [2.05, 4.69) is 27.7 Å². The first-order chi connectivity index (χ1) is 16.3. The Balaban J connectivity index is 1.70. The Labute approximate surface area is 195 Å². The zero-order chi connectivity index (χ0) is 24.6. The number of hydrogen-bond acceptors (Lipinski definition) is 6. The molecule has 2 N–H and O–H groups in total. The number of anilines is 1. The first-order valence-electron chi connectivity index (χ1n) is 11.1. The second-order valence-corrected chi connectivity index (χ2v) is 8.41. The van der Waals surface area contributed by atoms with Gasteiger partial charge in [-0.25, -0.2) is 15.0 Å². The third-order valence-corrected chi connectivity index (χ3v) is 6.17. The lowest BCUT2D eigenvalue weighted by Crippen LogP contribution is -2.51. The smallest absolute Gasteiger partial charge is 0.276 e. The molecule has 184 valence electrons. The predicted molar refractivity (Wildman–Crippen MR) is 117 cm³/mol. The number of hydroxylamine groups is 2. The number of carbonyl (C=O) groups excluding carboxylic acids is 2. The summed E-state index contributed by atoms with van der Waals surface area (Å²) in [6, 6.07) is 10.0. The molecule has 1 aliphatic carbocycles. The molecule has 2 aromatic rings. The van der Waals surface area contributed by atoms with Gasteiger partial charge in [-0.1, -0.05) is 43.7 Å². The SMILES string of the molecule is CC[C@H]1CC[C@](CN(C=O)OCc2ccccc2)(C(=O)NNc2nccc(C(F)(F)F)n2)CC1. The van der Waals surface area contributed by atoms with Crippen LogP contribution in [0.15, 0.2) is 42.6 Å². The number of carbonyl (C=O) groups is 2. The topological polar surface area (TPSA) is 96.5 Å². The molecule has 2 amide bonds. The molecule has 1 fully saturated rings. The molecule has 1 saturated carbocycles. The summed E-state index contributed by atoms with van der Waals surface area (Å²) in [7, 11) is 0. The van der Waals surface area contributed by atoms with Crippen molar-refractivity contribution in [3.63, 3.8) is 0 Å². The van der Waals surface area contributed by atoms with Crippen molar-refractivity contribution in [2.75, 3.05) is 12.0 Å². The molecule has 0 spiro atoms. The largest absolute Gasteiger partial charge is 0.433 e. The van der Waals surface area contributed by atoms with Gasteiger partial charge in [-0.05, 0) is 43.2 Å². The summed E-state index contributed by atoms with van der Waals surface area (Å²) in [6.07, 6.45) is 0.415. The van der Waals surface area contributed by atoms with Gasteiger partial charge in [0.2, 0.25) is 18.3 Å². The molecule has 0 atom stereocenters. The van der Waals surface area contributed by atoms with Crippen LogP contribution in [0.5, 0.6) is 0 Å². The van der Waals surface area contributed by atoms with E-state index in [4.69, 9.17) is 4.84 Å². The number of halogens is 3. The quantitative estimate of drug-likeness (QED) is 0.393. The van der Waals surface area contributed by atoms with E-state index >= 15 is 0 Å². The van der Waals surface area contributed by atoms with Gasteiger partial charge in [0, 0.05) is 6.20 Å². The van der Waals surface area contributed by atoms with Gasteiger partial charge in [0.25, 0.3) is 0 Å². The second kappa shape index (κ2) is 11.3. The number of aromatic nitrogens is 2. The summed E-state index contributed by atoms with van der Waals surface area (Å²) in [5, 5.41) is 1.11. The number of hydrogen-bond donors (Lipinski definition) is 2. The molecule has 0 aliphatic heterocycles. The van der Waals surface area contributed by atoms with Crippen molar-refractivity contribution in [2.24, 2.45) is 11.3 Å². The van der Waals surface area contributed by atoms with Crippen LogP contribution in [-0.4, -0.2) is 33.9 Å². The van der Waals surface area contributed by atoms with Gasteiger partial charge in [0.1, 0.15) is 12.3 Å². The lowest BCUT2D eigenvalue weighted by molar-refractivity contribution is -0.190. The van der Waals surface area contributed by atoms with Crippen molar-refractivity contribution in [1.82, 2.24) is 20.5 Å². The average Bonchev–Trinajstić information content (AvgIpc) is 2.85. The fourth-order valence-corrected chi connectivity index (χ4v) is 4.06. The van der Waals surface area contributed by atoms with Gasteiger partial charge in [0.15, 0.2) is 0 Å². The van der Waals surface area contributed by atoms with Crippen molar-refractivity contribution in [3.8, 4) is 0 Å². The van der Waals surface area contributed by atoms with Crippen LogP contribution in [0.4, 0.5) is 19.1 Å². The molecular formula is C23H28F3N5O3. The standard InChI is InChI=1S/C23H28F3N5O3/c1-2-17-8-11-22(12-9-17,15-31(16-32)34-14-18-6-4-3-5-7-18)20(33)29-30-21-27-13-10-19(28-21)23(24,25)26/h3-7,10,13,16-17H,2,8-9,11-12,14-15H2,1H3,(H,29,33)(H,27,28,30)/t17-,22-. The molecule has 0 radical (unpaired) electrons. The van der Waals surface area contributed by atoms with Gasteiger partial charge in [0.05, 0.1) is 12.0 Å². The van der Waals surface area contributed by atoms with E-state index in [1.165, 1.54) is 0 Å². The van der Waals surface area contributed by atoms with E-state index in [1.807, 2.05) is 30.3 Å². The Hall–Kier alpha value is -3.21.